The highest BCUT2D eigenvalue weighted by molar-refractivity contribution is 5.93. The maximum Gasteiger partial charge on any atom is 0.408 e. The fraction of sp³-hybridized carbons (Fsp3) is 0.600. The van der Waals surface area contributed by atoms with E-state index in [1.807, 2.05) is 30.3 Å². The Balaban J connectivity index is 2.47. The summed E-state index contributed by atoms with van der Waals surface area (Å²) in [6, 6.07) is 9.20. The molecule has 1 amide bonds. The van der Waals surface area contributed by atoms with Crippen LogP contribution < -0.4 is 5.32 Å². The highest BCUT2D eigenvalue weighted by Gasteiger charge is 2.75. The number of alkyl carbamates (subject to hydrolysis) is 1. The molecule has 0 bridgehead atoms. The fourth-order valence-corrected chi connectivity index (χ4v) is 3.27. The second-order valence-electron chi connectivity index (χ2n) is 9.05. The summed E-state index contributed by atoms with van der Waals surface area (Å²) in [6.07, 6.45) is -0.478. The summed E-state index contributed by atoms with van der Waals surface area (Å²) in [5.41, 5.74) is 5.89. The Morgan fingerprint density at radius 3 is 2.18 bits per heavy atom. The molecule has 1 N–H and O–H groups in total. The van der Waals surface area contributed by atoms with Crippen molar-refractivity contribution in [3.05, 3.63) is 46.3 Å². The van der Waals surface area contributed by atoms with Gasteiger partial charge in [-0.2, -0.15) is 0 Å². The van der Waals surface area contributed by atoms with Gasteiger partial charge in [0.25, 0.3) is 0 Å². The van der Waals surface area contributed by atoms with Crippen molar-refractivity contribution in [2.45, 2.75) is 70.1 Å². The average Bonchev–Trinajstić information content (AvgIpc) is 3.20. The van der Waals surface area contributed by atoms with E-state index in [0.717, 1.165) is 5.56 Å². The number of nitrogens with one attached hydrogen (secondary N) is 1. The number of amides is 1. The summed E-state index contributed by atoms with van der Waals surface area (Å²) in [7, 11) is 0. The van der Waals surface area contributed by atoms with Gasteiger partial charge in [-0.3, -0.25) is 0 Å². The standard InChI is InChI=1S/C20H28N4O4/c1-17(2,3)27-15(25)20(23-16(26)28-18(4,5)6)12-19(20,13-22-24-21)14-10-8-7-9-11-14/h7-11H,12-13H2,1-6H3,(H,23,26). The van der Waals surface area contributed by atoms with Gasteiger partial charge in [-0.05, 0) is 59.1 Å². The monoisotopic (exact) mass is 388 g/mol. The number of azide groups is 1. The third-order valence-corrected chi connectivity index (χ3v) is 4.45. The van der Waals surface area contributed by atoms with Gasteiger partial charge in [0.05, 0.1) is 0 Å². The molecule has 0 aromatic heterocycles. The first-order chi connectivity index (χ1) is 12.9. The molecule has 1 saturated carbocycles. The molecule has 0 aliphatic heterocycles. The van der Waals surface area contributed by atoms with E-state index in [0.29, 0.717) is 0 Å². The van der Waals surface area contributed by atoms with E-state index in [1.54, 1.807) is 41.5 Å². The molecule has 0 radical (unpaired) electrons. The van der Waals surface area contributed by atoms with Crippen LogP contribution in [0.25, 0.3) is 10.4 Å². The van der Waals surface area contributed by atoms with E-state index < -0.39 is 34.2 Å². The number of rotatable bonds is 5. The second kappa shape index (κ2) is 7.36. The molecular weight excluding hydrogens is 360 g/mol. The number of hydrogen-bond donors (Lipinski definition) is 1. The minimum absolute atomic E-state index is 0.00253. The summed E-state index contributed by atoms with van der Waals surface area (Å²) in [5.74, 6) is -0.581. The lowest BCUT2D eigenvalue weighted by Crippen LogP contribution is -2.53. The lowest BCUT2D eigenvalue weighted by atomic mass is 9.90. The third-order valence-electron chi connectivity index (χ3n) is 4.45. The number of esters is 1. The van der Waals surface area contributed by atoms with Gasteiger partial charge in [-0.1, -0.05) is 35.4 Å². The third kappa shape index (κ3) is 4.57. The summed E-state index contributed by atoms with van der Waals surface area (Å²) >= 11 is 0. The lowest BCUT2D eigenvalue weighted by molar-refractivity contribution is -0.159. The molecule has 2 atom stereocenters. The largest absolute Gasteiger partial charge is 0.458 e. The van der Waals surface area contributed by atoms with Crippen molar-refractivity contribution >= 4 is 12.1 Å². The number of carbonyl (C=O) groups is 2. The van der Waals surface area contributed by atoms with E-state index in [2.05, 4.69) is 15.3 Å². The maximum absolute atomic E-state index is 13.2. The molecule has 1 aromatic carbocycles. The van der Waals surface area contributed by atoms with Gasteiger partial charge >= 0.3 is 12.1 Å². The smallest absolute Gasteiger partial charge is 0.408 e. The number of hydrogen-bond acceptors (Lipinski definition) is 5. The Morgan fingerprint density at radius 1 is 1.11 bits per heavy atom. The summed E-state index contributed by atoms with van der Waals surface area (Å²) < 4.78 is 11.0. The first kappa shape index (κ1) is 21.6. The highest BCUT2D eigenvalue weighted by Crippen LogP contribution is 2.59. The minimum Gasteiger partial charge on any atom is -0.458 e. The van der Waals surface area contributed by atoms with Crippen LogP contribution in [0.1, 0.15) is 53.5 Å². The SMILES string of the molecule is CC(C)(C)OC(=O)NC1(C(=O)OC(C)(C)C)CC1(CN=[N+]=[N-])c1ccccc1. The first-order valence-corrected chi connectivity index (χ1v) is 9.16. The summed E-state index contributed by atoms with van der Waals surface area (Å²) in [4.78, 5) is 28.6. The quantitative estimate of drug-likeness (QED) is 0.351. The molecule has 0 spiro atoms. The Morgan fingerprint density at radius 2 is 1.68 bits per heavy atom. The van der Waals surface area contributed by atoms with Gasteiger partial charge in [0, 0.05) is 16.9 Å². The van der Waals surface area contributed by atoms with E-state index in [1.165, 1.54) is 0 Å². The number of carbonyl (C=O) groups excluding carboxylic acids is 2. The molecule has 1 aliphatic rings. The van der Waals surface area contributed by atoms with Crippen LogP contribution in [-0.2, 0) is 19.7 Å². The van der Waals surface area contributed by atoms with Crippen molar-refractivity contribution in [2.75, 3.05) is 6.54 Å². The van der Waals surface area contributed by atoms with Crippen LogP contribution in [0.5, 0.6) is 0 Å². The molecule has 1 aromatic rings. The Bertz CT molecular complexity index is 791. The van der Waals surface area contributed by atoms with E-state index in [4.69, 9.17) is 15.0 Å². The molecule has 8 nitrogen and oxygen atoms in total. The summed E-state index contributed by atoms with van der Waals surface area (Å²) in [5, 5.41) is 6.44. The van der Waals surface area contributed by atoms with Crippen molar-refractivity contribution in [3.8, 4) is 0 Å². The fourth-order valence-electron chi connectivity index (χ4n) is 3.27. The predicted octanol–water partition coefficient (Wildman–Crippen LogP) is 4.24. The lowest BCUT2D eigenvalue weighted by Gasteiger charge is -2.30. The van der Waals surface area contributed by atoms with Crippen LogP contribution >= 0.6 is 0 Å². The van der Waals surface area contributed by atoms with E-state index in [9.17, 15) is 9.59 Å². The highest BCUT2D eigenvalue weighted by atomic mass is 16.6. The van der Waals surface area contributed by atoms with Crippen LogP contribution in [0.2, 0.25) is 0 Å². The molecule has 8 heteroatoms. The maximum atomic E-state index is 13.2. The molecular formula is C20H28N4O4. The van der Waals surface area contributed by atoms with E-state index in [-0.39, 0.29) is 13.0 Å². The van der Waals surface area contributed by atoms with Gasteiger partial charge in [0.2, 0.25) is 0 Å². The van der Waals surface area contributed by atoms with Gasteiger partial charge in [-0.15, -0.1) is 0 Å². The zero-order chi connectivity index (χ0) is 21.2. The van der Waals surface area contributed by atoms with E-state index >= 15 is 0 Å². The van der Waals surface area contributed by atoms with Crippen LogP contribution in [0.4, 0.5) is 4.79 Å². The molecule has 1 aliphatic carbocycles. The average molecular weight is 388 g/mol. The molecule has 0 heterocycles. The number of nitrogens with zero attached hydrogens (tertiary/aromatic N) is 3. The molecule has 2 rings (SSSR count). The molecule has 2 unspecified atom stereocenters. The van der Waals surface area contributed by atoms with Gasteiger partial charge in [0.15, 0.2) is 5.54 Å². The van der Waals surface area contributed by atoms with Crippen LogP contribution in [0.15, 0.2) is 35.4 Å². The second-order valence-corrected chi connectivity index (χ2v) is 9.05. The van der Waals surface area contributed by atoms with Crippen molar-refractivity contribution < 1.29 is 19.1 Å². The van der Waals surface area contributed by atoms with Crippen molar-refractivity contribution in [3.63, 3.8) is 0 Å². The van der Waals surface area contributed by atoms with Gasteiger partial charge in [-0.25, -0.2) is 9.59 Å². The Labute approximate surface area is 165 Å². The molecule has 1 fully saturated rings. The number of benzene rings is 1. The minimum atomic E-state index is -1.38. The zero-order valence-corrected chi connectivity index (χ0v) is 17.3. The Hall–Kier alpha value is -2.73. The van der Waals surface area contributed by atoms with Crippen molar-refractivity contribution in [1.29, 1.82) is 0 Å². The molecule has 152 valence electrons. The molecule has 0 saturated heterocycles. The van der Waals surface area contributed by atoms with Crippen molar-refractivity contribution in [2.24, 2.45) is 5.11 Å². The zero-order valence-electron chi connectivity index (χ0n) is 17.3. The predicted molar refractivity (Wildman–Crippen MR) is 105 cm³/mol. The number of ether oxygens (including phenoxy) is 2. The van der Waals surface area contributed by atoms with Crippen molar-refractivity contribution in [1.82, 2.24) is 5.32 Å². The van der Waals surface area contributed by atoms with Crippen LogP contribution in [0, 0.1) is 0 Å². The topological polar surface area (TPSA) is 113 Å². The normalized spacial score (nSPS) is 23.9. The van der Waals surface area contributed by atoms with Gasteiger partial charge in [0.1, 0.15) is 11.2 Å². The molecule has 28 heavy (non-hydrogen) atoms. The first-order valence-electron chi connectivity index (χ1n) is 9.16. The van der Waals surface area contributed by atoms with Crippen LogP contribution in [0.3, 0.4) is 0 Å². The van der Waals surface area contributed by atoms with Crippen LogP contribution in [-0.4, -0.2) is 35.3 Å². The van der Waals surface area contributed by atoms with Gasteiger partial charge < -0.3 is 14.8 Å². The summed E-state index contributed by atoms with van der Waals surface area (Å²) in [6.45, 7) is 10.5. The Kier molecular flexibility index (Phi) is 5.67.